The molecule has 2 N–H and O–H groups in total. The Balaban J connectivity index is 6.29. The van der Waals surface area contributed by atoms with Crippen molar-refractivity contribution in [2.24, 2.45) is 11.8 Å². The van der Waals surface area contributed by atoms with Crippen LogP contribution in [-0.4, -0.2) is 34.5 Å². The molecule has 0 saturated heterocycles. The summed E-state index contributed by atoms with van der Waals surface area (Å²) in [6.45, 7) is 3.41. The summed E-state index contributed by atoms with van der Waals surface area (Å²) in [5, 5.41) is 18.0. The Morgan fingerprint density at radius 1 is 0.920 bits per heavy atom. The lowest BCUT2D eigenvalue weighted by Crippen LogP contribution is -2.41. The molecule has 0 amide bonds. The average Bonchev–Trinajstić information content (AvgIpc) is 2.42. The summed E-state index contributed by atoms with van der Waals surface area (Å²) in [6.07, 6.45) is -10.7. The lowest BCUT2D eigenvalue weighted by atomic mass is 9.85. The van der Waals surface area contributed by atoms with Crippen molar-refractivity contribution in [1.29, 1.82) is 0 Å². The highest BCUT2D eigenvalue weighted by Crippen LogP contribution is 2.45. The van der Waals surface area contributed by atoms with Crippen LogP contribution in [-0.2, 0) is 9.59 Å². The zero-order chi connectivity index (χ0) is 20.0. The zero-order valence-electron chi connectivity index (χ0n) is 13.7. The van der Waals surface area contributed by atoms with E-state index in [4.69, 9.17) is 10.2 Å². The van der Waals surface area contributed by atoms with E-state index in [1.54, 1.807) is 6.92 Å². The quantitative estimate of drug-likeness (QED) is 0.446. The van der Waals surface area contributed by atoms with Gasteiger partial charge in [0.1, 0.15) is 0 Å². The molecule has 0 rings (SSSR count). The number of carbonyl (C=O) groups is 2. The van der Waals surface area contributed by atoms with Gasteiger partial charge in [0.15, 0.2) is 5.92 Å². The zero-order valence-corrected chi connectivity index (χ0v) is 13.7. The smallest absolute Gasteiger partial charge is 0.404 e. The first-order valence-corrected chi connectivity index (χ1v) is 7.60. The SMILES string of the molecule is CCCCC(CC)C/C(C(=O)O)=C(/C(=O)O)C(C(F)(F)F)C(F)(F)F. The highest BCUT2D eigenvalue weighted by atomic mass is 19.4. The molecule has 25 heavy (non-hydrogen) atoms. The Labute approximate surface area is 140 Å². The second-order valence-electron chi connectivity index (χ2n) is 5.64. The van der Waals surface area contributed by atoms with Gasteiger partial charge >= 0.3 is 24.3 Å². The molecule has 0 fully saturated rings. The summed E-state index contributed by atoms with van der Waals surface area (Å²) in [7, 11) is 0. The maximum atomic E-state index is 12.9. The third-order valence-electron chi connectivity index (χ3n) is 3.79. The Morgan fingerprint density at radius 3 is 1.68 bits per heavy atom. The van der Waals surface area contributed by atoms with E-state index in [-0.39, 0.29) is 0 Å². The van der Waals surface area contributed by atoms with Crippen molar-refractivity contribution >= 4 is 11.9 Å². The van der Waals surface area contributed by atoms with Gasteiger partial charge in [-0.1, -0.05) is 39.5 Å². The summed E-state index contributed by atoms with van der Waals surface area (Å²) >= 11 is 0. The minimum Gasteiger partial charge on any atom is -0.478 e. The van der Waals surface area contributed by atoms with E-state index in [0.717, 1.165) is 0 Å². The lowest BCUT2D eigenvalue weighted by Gasteiger charge is -2.26. The normalized spacial score (nSPS) is 15.1. The van der Waals surface area contributed by atoms with Crippen molar-refractivity contribution in [2.45, 2.75) is 58.3 Å². The maximum Gasteiger partial charge on any atom is 0.404 e. The van der Waals surface area contributed by atoms with Gasteiger partial charge < -0.3 is 10.2 Å². The molecule has 0 aliphatic rings. The molecule has 0 heterocycles. The molecule has 4 nitrogen and oxygen atoms in total. The van der Waals surface area contributed by atoms with E-state index in [0.29, 0.717) is 25.7 Å². The number of hydrogen-bond acceptors (Lipinski definition) is 2. The molecule has 1 unspecified atom stereocenters. The van der Waals surface area contributed by atoms with Gasteiger partial charge in [0.2, 0.25) is 0 Å². The minimum absolute atomic E-state index is 0.298. The maximum absolute atomic E-state index is 12.9. The third-order valence-corrected chi connectivity index (χ3v) is 3.79. The van der Waals surface area contributed by atoms with Gasteiger partial charge in [-0.2, -0.15) is 26.3 Å². The molecule has 0 aromatic rings. The number of halogens is 6. The van der Waals surface area contributed by atoms with Gasteiger partial charge in [0.05, 0.1) is 5.57 Å². The van der Waals surface area contributed by atoms with Crippen LogP contribution in [0.5, 0.6) is 0 Å². The van der Waals surface area contributed by atoms with Gasteiger partial charge in [0.25, 0.3) is 0 Å². The van der Waals surface area contributed by atoms with Crippen LogP contribution in [0, 0.1) is 11.8 Å². The molecule has 10 heteroatoms. The number of carboxylic acid groups (broad SMARTS) is 2. The lowest BCUT2D eigenvalue weighted by molar-refractivity contribution is -0.272. The average molecular weight is 378 g/mol. The number of rotatable bonds is 9. The number of hydrogen-bond donors (Lipinski definition) is 2. The van der Waals surface area contributed by atoms with E-state index in [2.05, 4.69) is 0 Å². The summed E-state index contributed by atoms with van der Waals surface area (Å²) < 4.78 is 77.2. The summed E-state index contributed by atoms with van der Waals surface area (Å²) in [5.41, 5.74) is -3.52. The molecule has 0 radical (unpaired) electrons. The molecule has 0 aromatic carbocycles. The Morgan fingerprint density at radius 2 is 1.40 bits per heavy atom. The van der Waals surface area contributed by atoms with Crippen LogP contribution in [0.4, 0.5) is 26.3 Å². The second kappa shape index (κ2) is 9.10. The van der Waals surface area contributed by atoms with E-state index < -0.39 is 53.7 Å². The predicted octanol–water partition coefficient (Wildman–Crippen LogP) is 4.80. The highest BCUT2D eigenvalue weighted by molar-refractivity contribution is 5.99. The monoisotopic (exact) mass is 378 g/mol. The topological polar surface area (TPSA) is 74.6 Å². The molecule has 0 spiro atoms. The van der Waals surface area contributed by atoms with Gasteiger partial charge in [0, 0.05) is 5.57 Å². The van der Waals surface area contributed by atoms with Gasteiger partial charge in [-0.3, -0.25) is 0 Å². The molecule has 1 atom stereocenters. The third kappa shape index (κ3) is 6.95. The van der Waals surface area contributed by atoms with Crippen LogP contribution < -0.4 is 0 Å². The predicted molar refractivity (Wildman–Crippen MR) is 75.8 cm³/mol. The summed E-state index contributed by atoms with van der Waals surface area (Å²) in [4.78, 5) is 22.4. The first kappa shape index (κ1) is 23.3. The van der Waals surface area contributed by atoms with Crippen molar-refractivity contribution < 1.29 is 46.1 Å². The second-order valence-corrected chi connectivity index (χ2v) is 5.64. The van der Waals surface area contributed by atoms with E-state index >= 15 is 0 Å². The Kier molecular flexibility index (Phi) is 8.46. The van der Waals surface area contributed by atoms with Crippen molar-refractivity contribution in [3.8, 4) is 0 Å². The van der Waals surface area contributed by atoms with Crippen LogP contribution in [0.1, 0.15) is 46.0 Å². The molecule has 0 aliphatic heterocycles. The number of aliphatic carboxylic acids is 2. The highest BCUT2D eigenvalue weighted by Gasteiger charge is 2.61. The molecule has 0 saturated carbocycles. The standard InChI is InChI=1S/C15H20F6O4/c1-3-5-6-8(4-2)7-9(12(22)23)10(13(24)25)11(14(16,17)18)15(19,20)21/h8,11H,3-7H2,1-2H3,(H,22,23)(H,24,25)/b10-9-. The van der Waals surface area contributed by atoms with Crippen molar-refractivity contribution in [2.75, 3.05) is 0 Å². The Bertz CT molecular complexity index is 493. The van der Waals surface area contributed by atoms with Crippen LogP contribution in [0.3, 0.4) is 0 Å². The van der Waals surface area contributed by atoms with Crippen LogP contribution >= 0.6 is 0 Å². The molecular weight excluding hydrogens is 358 g/mol. The molecule has 0 aliphatic carbocycles. The van der Waals surface area contributed by atoms with Gasteiger partial charge in [-0.15, -0.1) is 0 Å². The largest absolute Gasteiger partial charge is 0.478 e. The van der Waals surface area contributed by atoms with Crippen molar-refractivity contribution in [3.05, 3.63) is 11.1 Å². The molecular formula is C15H20F6O4. The number of carboxylic acids is 2. The van der Waals surface area contributed by atoms with Crippen LogP contribution in [0.25, 0.3) is 0 Å². The van der Waals surface area contributed by atoms with E-state index in [1.807, 2.05) is 6.92 Å². The first-order chi connectivity index (χ1) is 11.3. The van der Waals surface area contributed by atoms with Gasteiger partial charge in [-0.25, -0.2) is 9.59 Å². The van der Waals surface area contributed by atoms with E-state index in [1.165, 1.54) is 0 Å². The van der Waals surface area contributed by atoms with E-state index in [9.17, 15) is 35.9 Å². The fraction of sp³-hybridized carbons (Fsp3) is 0.733. The first-order valence-electron chi connectivity index (χ1n) is 7.60. The van der Waals surface area contributed by atoms with Crippen molar-refractivity contribution in [1.82, 2.24) is 0 Å². The van der Waals surface area contributed by atoms with Crippen molar-refractivity contribution in [3.63, 3.8) is 0 Å². The van der Waals surface area contributed by atoms with Crippen LogP contribution in [0.15, 0.2) is 11.1 Å². The van der Waals surface area contributed by atoms with Gasteiger partial charge in [-0.05, 0) is 12.3 Å². The van der Waals surface area contributed by atoms with Crippen LogP contribution in [0.2, 0.25) is 0 Å². The summed E-state index contributed by atoms with van der Waals surface area (Å²) in [6, 6.07) is 0. The number of alkyl halides is 6. The summed E-state index contributed by atoms with van der Waals surface area (Å²) in [5.74, 6) is -9.51. The molecule has 0 aromatic heterocycles. The fourth-order valence-corrected chi connectivity index (χ4v) is 2.48. The number of unbranched alkanes of at least 4 members (excludes halogenated alkanes) is 1. The minimum atomic E-state index is -5.97. The molecule has 0 bridgehead atoms. The Hall–Kier alpha value is -1.74. The fourth-order valence-electron chi connectivity index (χ4n) is 2.48. The molecule has 146 valence electrons.